The molecule has 6 nitrogen and oxygen atoms in total. The van der Waals surface area contributed by atoms with Gasteiger partial charge in [-0.25, -0.2) is 4.90 Å². The topological polar surface area (TPSA) is 53.1 Å². The van der Waals surface area contributed by atoms with Gasteiger partial charge < -0.3 is 4.74 Å². The predicted molar refractivity (Wildman–Crippen MR) is 121 cm³/mol. The number of nitrogens with zero attached hydrogens (tertiary/aromatic N) is 3. The van der Waals surface area contributed by atoms with Gasteiger partial charge in [0.05, 0.1) is 24.8 Å². The van der Waals surface area contributed by atoms with Gasteiger partial charge in [0.1, 0.15) is 5.75 Å². The van der Waals surface area contributed by atoms with Crippen molar-refractivity contribution in [3.05, 3.63) is 60.2 Å². The third-order valence-corrected chi connectivity index (χ3v) is 6.08. The number of amides is 2. The number of hydrogen-bond acceptors (Lipinski definition) is 5. The summed E-state index contributed by atoms with van der Waals surface area (Å²) in [4.78, 5) is 31.7. The molecule has 164 valence electrons. The molecule has 0 N–H and O–H groups in total. The fraction of sp³-hybridized carbons (Fsp3) is 0.440. The van der Waals surface area contributed by atoms with E-state index in [9.17, 15) is 9.59 Å². The Labute approximate surface area is 184 Å². The Kier molecular flexibility index (Phi) is 6.99. The minimum absolute atomic E-state index is 0.110. The van der Waals surface area contributed by atoms with Crippen LogP contribution in [0.4, 0.5) is 5.69 Å². The first-order valence-electron chi connectivity index (χ1n) is 11.3. The predicted octanol–water partition coefficient (Wildman–Crippen LogP) is 3.32. The van der Waals surface area contributed by atoms with E-state index in [2.05, 4.69) is 41.0 Å². The van der Waals surface area contributed by atoms with Gasteiger partial charge in [-0.05, 0) is 36.2 Å². The van der Waals surface area contributed by atoms with Crippen molar-refractivity contribution in [2.24, 2.45) is 0 Å². The number of piperazine rings is 1. The van der Waals surface area contributed by atoms with Crippen LogP contribution in [0.2, 0.25) is 0 Å². The molecule has 1 atom stereocenters. The summed E-state index contributed by atoms with van der Waals surface area (Å²) in [6.07, 6.45) is 2.34. The zero-order valence-corrected chi connectivity index (χ0v) is 18.2. The number of unbranched alkanes of at least 4 members (excludes halogenated alkanes) is 1. The number of anilines is 1. The molecule has 0 aromatic heterocycles. The molecule has 2 heterocycles. The average molecular weight is 422 g/mol. The number of carbonyl (C=O) groups excluding carboxylic acids is 2. The summed E-state index contributed by atoms with van der Waals surface area (Å²) in [6.45, 7) is 7.12. The van der Waals surface area contributed by atoms with Crippen LogP contribution in [0.25, 0.3) is 0 Å². The van der Waals surface area contributed by atoms with Gasteiger partial charge in [-0.1, -0.05) is 43.7 Å². The maximum Gasteiger partial charge on any atom is 0.251 e. The van der Waals surface area contributed by atoms with Crippen molar-refractivity contribution in [3.63, 3.8) is 0 Å². The van der Waals surface area contributed by atoms with E-state index in [1.807, 2.05) is 18.2 Å². The Bertz CT molecular complexity index is 877. The number of ether oxygens (including phenoxy) is 1. The van der Waals surface area contributed by atoms with Crippen LogP contribution in [0, 0.1) is 0 Å². The smallest absolute Gasteiger partial charge is 0.251 e. The molecule has 2 aliphatic heterocycles. The van der Waals surface area contributed by atoms with Gasteiger partial charge in [0.15, 0.2) is 0 Å². The fourth-order valence-corrected chi connectivity index (χ4v) is 4.27. The van der Waals surface area contributed by atoms with E-state index >= 15 is 0 Å². The Hall–Kier alpha value is -2.70. The van der Waals surface area contributed by atoms with Crippen LogP contribution < -0.4 is 9.64 Å². The maximum atomic E-state index is 13.1. The summed E-state index contributed by atoms with van der Waals surface area (Å²) in [5.74, 6) is 0.532. The summed E-state index contributed by atoms with van der Waals surface area (Å²) in [5.41, 5.74) is 1.93. The lowest BCUT2D eigenvalue weighted by atomic mass is 10.1. The Morgan fingerprint density at radius 1 is 0.935 bits per heavy atom. The monoisotopic (exact) mass is 421 g/mol. The van der Waals surface area contributed by atoms with Crippen molar-refractivity contribution in [2.75, 3.05) is 37.7 Å². The molecule has 2 amide bonds. The third kappa shape index (κ3) is 5.14. The molecular weight excluding hydrogens is 390 g/mol. The summed E-state index contributed by atoms with van der Waals surface area (Å²) in [5, 5.41) is 0. The SMILES string of the molecule is CCCCOc1ccc(N2C(=O)CC(N3CCN(Cc4ccccc4)CC3)C2=O)cc1. The molecule has 2 saturated heterocycles. The fourth-order valence-electron chi connectivity index (χ4n) is 4.27. The molecule has 2 aliphatic rings. The maximum absolute atomic E-state index is 13.1. The number of benzene rings is 2. The molecular formula is C25H31N3O3. The molecule has 2 fully saturated rings. The van der Waals surface area contributed by atoms with Gasteiger partial charge >= 0.3 is 0 Å². The summed E-state index contributed by atoms with van der Waals surface area (Å²) < 4.78 is 5.69. The highest BCUT2D eigenvalue weighted by Crippen LogP contribution is 2.28. The summed E-state index contributed by atoms with van der Waals surface area (Å²) in [7, 11) is 0. The van der Waals surface area contributed by atoms with E-state index in [1.54, 1.807) is 12.1 Å². The van der Waals surface area contributed by atoms with Gasteiger partial charge in [-0.3, -0.25) is 19.4 Å². The van der Waals surface area contributed by atoms with Crippen LogP contribution in [0.3, 0.4) is 0 Å². The second kappa shape index (κ2) is 10.1. The van der Waals surface area contributed by atoms with E-state index in [4.69, 9.17) is 4.74 Å². The van der Waals surface area contributed by atoms with Crippen LogP contribution in [-0.2, 0) is 16.1 Å². The molecule has 31 heavy (non-hydrogen) atoms. The molecule has 2 aromatic rings. The Balaban J connectivity index is 1.33. The summed E-state index contributed by atoms with van der Waals surface area (Å²) in [6, 6.07) is 17.4. The number of rotatable bonds is 8. The first-order valence-corrected chi connectivity index (χ1v) is 11.3. The zero-order chi connectivity index (χ0) is 21.6. The van der Waals surface area contributed by atoms with Crippen molar-refractivity contribution >= 4 is 17.5 Å². The highest BCUT2D eigenvalue weighted by atomic mass is 16.5. The standard InChI is InChI=1S/C25H31N3O3/c1-2-3-17-31-22-11-9-21(10-12-22)28-24(29)18-23(25(28)30)27-15-13-26(14-16-27)19-20-7-5-4-6-8-20/h4-12,23H,2-3,13-19H2,1H3. The second-order valence-electron chi connectivity index (χ2n) is 8.28. The largest absolute Gasteiger partial charge is 0.494 e. The highest BCUT2D eigenvalue weighted by molar-refractivity contribution is 6.22. The lowest BCUT2D eigenvalue weighted by Gasteiger charge is -2.37. The minimum atomic E-state index is -0.355. The Morgan fingerprint density at radius 3 is 2.32 bits per heavy atom. The third-order valence-electron chi connectivity index (χ3n) is 6.08. The molecule has 2 aromatic carbocycles. The van der Waals surface area contributed by atoms with Gasteiger partial charge in [-0.2, -0.15) is 0 Å². The summed E-state index contributed by atoms with van der Waals surface area (Å²) >= 11 is 0. The van der Waals surface area contributed by atoms with E-state index in [0.717, 1.165) is 51.3 Å². The van der Waals surface area contributed by atoms with E-state index in [-0.39, 0.29) is 24.3 Å². The number of hydrogen-bond donors (Lipinski definition) is 0. The quantitative estimate of drug-likeness (QED) is 0.484. The van der Waals surface area contributed by atoms with Crippen LogP contribution in [-0.4, -0.2) is 60.4 Å². The number of imide groups is 1. The lowest BCUT2D eigenvalue weighted by molar-refractivity contribution is -0.123. The first-order chi connectivity index (χ1) is 15.2. The van der Waals surface area contributed by atoms with Crippen LogP contribution in [0.5, 0.6) is 5.75 Å². The van der Waals surface area contributed by atoms with E-state index in [1.165, 1.54) is 10.5 Å². The molecule has 0 bridgehead atoms. The lowest BCUT2D eigenvalue weighted by Crippen LogP contribution is -2.52. The van der Waals surface area contributed by atoms with Crippen molar-refractivity contribution in [2.45, 2.75) is 38.8 Å². The van der Waals surface area contributed by atoms with Gasteiger partial charge in [0.25, 0.3) is 5.91 Å². The number of carbonyl (C=O) groups is 2. The molecule has 0 spiro atoms. The molecule has 0 saturated carbocycles. The highest BCUT2D eigenvalue weighted by Gasteiger charge is 2.43. The van der Waals surface area contributed by atoms with Crippen molar-refractivity contribution in [3.8, 4) is 5.75 Å². The molecule has 4 rings (SSSR count). The molecule has 1 unspecified atom stereocenters. The average Bonchev–Trinajstić information content (AvgIpc) is 3.10. The van der Waals surface area contributed by atoms with Gasteiger partial charge in [0, 0.05) is 32.7 Å². The Morgan fingerprint density at radius 2 is 1.65 bits per heavy atom. The van der Waals surface area contributed by atoms with Crippen LogP contribution in [0.15, 0.2) is 54.6 Å². The zero-order valence-electron chi connectivity index (χ0n) is 18.2. The molecule has 0 radical (unpaired) electrons. The van der Waals surface area contributed by atoms with Gasteiger partial charge in [0.2, 0.25) is 5.91 Å². The second-order valence-corrected chi connectivity index (χ2v) is 8.28. The van der Waals surface area contributed by atoms with Crippen LogP contribution in [0.1, 0.15) is 31.7 Å². The minimum Gasteiger partial charge on any atom is -0.494 e. The van der Waals surface area contributed by atoms with Crippen molar-refractivity contribution < 1.29 is 14.3 Å². The molecule has 6 heteroatoms. The molecule has 0 aliphatic carbocycles. The van der Waals surface area contributed by atoms with Gasteiger partial charge in [-0.15, -0.1) is 0 Å². The van der Waals surface area contributed by atoms with Crippen molar-refractivity contribution in [1.82, 2.24) is 9.80 Å². The van der Waals surface area contributed by atoms with Crippen LogP contribution >= 0.6 is 0 Å². The van der Waals surface area contributed by atoms with E-state index in [0.29, 0.717) is 12.3 Å². The van der Waals surface area contributed by atoms with E-state index < -0.39 is 0 Å². The normalized spacial score (nSPS) is 20.4. The van der Waals surface area contributed by atoms with Crippen molar-refractivity contribution in [1.29, 1.82) is 0 Å². The first kappa shape index (κ1) is 21.5.